The van der Waals surface area contributed by atoms with Crippen LogP contribution in [0, 0.1) is 0 Å². The van der Waals surface area contributed by atoms with Crippen molar-refractivity contribution in [3.05, 3.63) is 29.8 Å². The molecule has 2 atom stereocenters. The molecule has 1 aromatic rings. The fourth-order valence-corrected chi connectivity index (χ4v) is 1.68. The first-order valence-electron chi connectivity index (χ1n) is 6.14. The molecule has 0 bridgehead atoms. The van der Waals surface area contributed by atoms with Gasteiger partial charge in [-0.1, -0.05) is 12.1 Å². The number of esters is 1. The summed E-state index contributed by atoms with van der Waals surface area (Å²) in [7, 11) is 1.38. The van der Waals surface area contributed by atoms with Gasteiger partial charge < -0.3 is 14.8 Å². The van der Waals surface area contributed by atoms with E-state index >= 15 is 0 Å². The molecule has 4 heteroatoms. The summed E-state index contributed by atoms with van der Waals surface area (Å²) in [5.74, 6) is -0.276. The Labute approximate surface area is 108 Å². The van der Waals surface area contributed by atoms with E-state index in [1.54, 1.807) is 6.92 Å². The summed E-state index contributed by atoms with van der Waals surface area (Å²) < 4.78 is 10.2. The molecule has 0 heterocycles. The molecule has 18 heavy (non-hydrogen) atoms. The molecular formula is C14H21NO3. The van der Waals surface area contributed by atoms with Gasteiger partial charge >= 0.3 is 5.97 Å². The van der Waals surface area contributed by atoms with E-state index in [1.165, 1.54) is 7.11 Å². The highest BCUT2D eigenvalue weighted by atomic mass is 16.5. The van der Waals surface area contributed by atoms with E-state index in [0.717, 1.165) is 11.3 Å². The van der Waals surface area contributed by atoms with Gasteiger partial charge in [0.1, 0.15) is 6.04 Å². The summed E-state index contributed by atoms with van der Waals surface area (Å²) >= 11 is 0. The van der Waals surface area contributed by atoms with Crippen molar-refractivity contribution in [3.8, 4) is 0 Å². The molecule has 0 radical (unpaired) electrons. The van der Waals surface area contributed by atoms with Gasteiger partial charge in [-0.3, -0.25) is 0 Å². The molecule has 0 aromatic heterocycles. The Balaban J connectivity index is 2.63. The molecule has 0 amide bonds. The van der Waals surface area contributed by atoms with Crippen LogP contribution >= 0.6 is 0 Å². The smallest absolute Gasteiger partial charge is 0.327 e. The number of carbonyl (C=O) groups is 1. The maximum atomic E-state index is 11.3. The van der Waals surface area contributed by atoms with Gasteiger partial charge in [-0.25, -0.2) is 4.79 Å². The van der Waals surface area contributed by atoms with E-state index in [9.17, 15) is 4.79 Å². The van der Waals surface area contributed by atoms with Crippen LogP contribution in [-0.4, -0.2) is 25.7 Å². The maximum absolute atomic E-state index is 11.3. The van der Waals surface area contributed by atoms with Crippen molar-refractivity contribution in [1.29, 1.82) is 0 Å². The van der Waals surface area contributed by atoms with Crippen LogP contribution in [0.5, 0.6) is 0 Å². The first-order chi connectivity index (χ1) is 8.58. The first kappa shape index (κ1) is 14.5. The van der Waals surface area contributed by atoms with Crippen molar-refractivity contribution in [2.24, 2.45) is 0 Å². The zero-order chi connectivity index (χ0) is 13.5. The zero-order valence-electron chi connectivity index (χ0n) is 11.4. The van der Waals surface area contributed by atoms with Crippen molar-refractivity contribution in [1.82, 2.24) is 0 Å². The van der Waals surface area contributed by atoms with Crippen molar-refractivity contribution in [3.63, 3.8) is 0 Å². The maximum Gasteiger partial charge on any atom is 0.327 e. The van der Waals surface area contributed by atoms with Crippen molar-refractivity contribution in [2.45, 2.75) is 32.9 Å². The molecule has 1 rings (SSSR count). The molecule has 4 nitrogen and oxygen atoms in total. The van der Waals surface area contributed by atoms with E-state index in [4.69, 9.17) is 4.74 Å². The molecule has 0 fully saturated rings. The predicted octanol–water partition coefficient (Wildman–Crippen LogP) is 2.76. The minimum absolute atomic E-state index is 0.0853. The molecule has 100 valence electrons. The third-order valence-corrected chi connectivity index (χ3v) is 2.73. The summed E-state index contributed by atoms with van der Waals surface area (Å²) in [6, 6.07) is 7.50. The van der Waals surface area contributed by atoms with Crippen LogP contribution < -0.4 is 5.32 Å². The number of ether oxygens (including phenoxy) is 2. The molecule has 0 saturated carbocycles. The molecule has 0 spiro atoms. The quantitative estimate of drug-likeness (QED) is 0.790. The molecule has 0 saturated heterocycles. The lowest BCUT2D eigenvalue weighted by atomic mass is 10.1. The number of carbonyl (C=O) groups excluding carboxylic acids is 1. The van der Waals surface area contributed by atoms with Crippen molar-refractivity contribution in [2.75, 3.05) is 19.0 Å². The van der Waals surface area contributed by atoms with E-state index in [2.05, 4.69) is 10.1 Å². The van der Waals surface area contributed by atoms with Gasteiger partial charge in [0.25, 0.3) is 0 Å². The molecule has 1 N–H and O–H groups in total. The van der Waals surface area contributed by atoms with Crippen molar-refractivity contribution >= 4 is 11.7 Å². The zero-order valence-corrected chi connectivity index (χ0v) is 11.4. The second kappa shape index (κ2) is 7.01. The van der Waals surface area contributed by atoms with Crippen LogP contribution in [0.4, 0.5) is 5.69 Å². The number of anilines is 1. The van der Waals surface area contributed by atoms with Crippen LogP contribution in [0.15, 0.2) is 24.3 Å². The predicted molar refractivity (Wildman–Crippen MR) is 71.6 cm³/mol. The molecular weight excluding hydrogens is 230 g/mol. The average molecular weight is 251 g/mol. The largest absolute Gasteiger partial charge is 0.467 e. The van der Waals surface area contributed by atoms with Gasteiger partial charge in [-0.2, -0.15) is 0 Å². The third-order valence-electron chi connectivity index (χ3n) is 2.73. The highest BCUT2D eigenvalue weighted by Gasteiger charge is 2.12. The average Bonchev–Trinajstić information content (AvgIpc) is 2.38. The molecule has 0 unspecified atom stereocenters. The van der Waals surface area contributed by atoms with Gasteiger partial charge in [0.2, 0.25) is 0 Å². The topological polar surface area (TPSA) is 47.6 Å². The number of benzene rings is 1. The molecule has 0 aliphatic heterocycles. The Bertz CT molecular complexity index is 375. The lowest BCUT2D eigenvalue weighted by Gasteiger charge is -2.15. The second-order valence-corrected chi connectivity index (χ2v) is 4.11. The van der Waals surface area contributed by atoms with Crippen LogP contribution in [-0.2, 0) is 14.3 Å². The Morgan fingerprint density at radius 2 is 1.89 bits per heavy atom. The van der Waals surface area contributed by atoms with Gasteiger partial charge in [-0.15, -0.1) is 0 Å². The van der Waals surface area contributed by atoms with Gasteiger partial charge in [0.15, 0.2) is 0 Å². The normalized spacial score (nSPS) is 13.8. The fraction of sp³-hybridized carbons (Fsp3) is 0.500. The van der Waals surface area contributed by atoms with Crippen molar-refractivity contribution < 1.29 is 14.3 Å². The van der Waals surface area contributed by atoms with Gasteiger partial charge in [0, 0.05) is 12.3 Å². The van der Waals surface area contributed by atoms with E-state index in [0.29, 0.717) is 6.61 Å². The summed E-state index contributed by atoms with van der Waals surface area (Å²) in [6.07, 6.45) is 0.0853. The lowest BCUT2D eigenvalue weighted by Crippen LogP contribution is -2.27. The third kappa shape index (κ3) is 4.04. The van der Waals surface area contributed by atoms with Crippen LogP contribution in [0.2, 0.25) is 0 Å². The van der Waals surface area contributed by atoms with E-state index < -0.39 is 0 Å². The molecule has 0 aliphatic rings. The highest BCUT2D eigenvalue weighted by molar-refractivity contribution is 5.78. The standard InChI is InChI=1S/C14H21NO3/c1-5-18-11(3)12-6-8-13(9-7-12)15-10(2)14(16)17-4/h6-11,15H,5H2,1-4H3/t10-,11+/m0/s1. The monoisotopic (exact) mass is 251 g/mol. The Kier molecular flexibility index (Phi) is 5.65. The van der Waals surface area contributed by atoms with Crippen LogP contribution in [0.1, 0.15) is 32.4 Å². The summed E-state index contributed by atoms with van der Waals surface area (Å²) in [5.41, 5.74) is 2.01. The van der Waals surface area contributed by atoms with E-state index in [-0.39, 0.29) is 18.1 Å². The minimum Gasteiger partial charge on any atom is -0.467 e. The number of hydrogen-bond donors (Lipinski definition) is 1. The fourth-order valence-electron chi connectivity index (χ4n) is 1.68. The number of nitrogens with one attached hydrogen (secondary N) is 1. The van der Waals surface area contributed by atoms with Crippen LogP contribution in [0.25, 0.3) is 0 Å². The highest BCUT2D eigenvalue weighted by Crippen LogP contribution is 2.19. The summed E-state index contributed by atoms with van der Waals surface area (Å²) in [4.78, 5) is 11.3. The Morgan fingerprint density at radius 3 is 2.39 bits per heavy atom. The van der Waals surface area contributed by atoms with E-state index in [1.807, 2.05) is 38.1 Å². The Morgan fingerprint density at radius 1 is 1.28 bits per heavy atom. The minimum atomic E-state index is -0.356. The summed E-state index contributed by atoms with van der Waals surface area (Å²) in [5, 5.41) is 3.08. The number of hydrogen-bond acceptors (Lipinski definition) is 4. The second-order valence-electron chi connectivity index (χ2n) is 4.11. The first-order valence-corrected chi connectivity index (χ1v) is 6.14. The van der Waals surface area contributed by atoms with Crippen LogP contribution in [0.3, 0.4) is 0 Å². The number of rotatable bonds is 6. The molecule has 1 aromatic carbocycles. The van der Waals surface area contributed by atoms with Gasteiger partial charge in [0.05, 0.1) is 13.2 Å². The lowest BCUT2D eigenvalue weighted by molar-refractivity contribution is -0.141. The Hall–Kier alpha value is -1.55. The number of methoxy groups -OCH3 is 1. The van der Waals surface area contributed by atoms with Gasteiger partial charge in [-0.05, 0) is 38.5 Å². The summed E-state index contributed by atoms with van der Waals surface area (Å²) in [6.45, 7) is 6.45. The molecule has 0 aliphatic carbocycles. The SMILES string of the molecule is CCO[C@H](C)c1ccc(N[C@@H](C)C(=O)OC)cc1.